The molecule has 1 aromatic carbocycles. The molecule has 0 unspecified atom stereocenters. The van der Waals surface area contributed by atoms with E-state index in [0.29, 0.717) is 0 Å². The predicted molar refractivity (Wildman–Crippen MR) is 112 cm³/mol. The zero-order valence-corrected chi connectivity index (χ0v) is 15.9. The number of aromatic nitrogens is 3. The van der Waals surface area contributed by atoms with E-state index in [1.165, 1.54) is 12.8 Å². The molecule has 0 atom stereocenters. The third-order valence-electron chi connectivity index (χ3n) is 5.60. The van der Waals surface area contributed by atoms with Crippen molar-refractivity contribution in [2.75, 3.05) is 29.9 Å². The summed E-state index contributed by atoms with van der Waals surface area (Å²) in [5, 5.41) is 5.34. The molecule has 6 nitrogen and oxygen atoms in total. The number of fused-ring (bicyclic) bond motifs is 1. The summed E-state index contributed by atoms with van der Waals surface area (Å²) in [4.78, 5) is 16.9. The highest BCUT2D eigenvalue weighted by atomic mass is 32.1. The number of nitrogens with one attached hydrogen (secondary N) is 2. The van der Waals surface area contributed by atoms with Gasteiger partial charge < -0.3 is 20.1 Å². The van der Waals surface area contributed by atoms with E-state index in [-0.39, 0.29) is 5.54 Å². The SMILES string of the molecule is S=C(Nc1ccccc1)N1CCCN(c2ncnc3[nH]ccc23)CC12CC2. The number of thiocarbonyl (C=S) groups is 1. The number of para-hydroxylation sites is 1. The summed E-state index contributed by atoms with van der Waals surface area (Å²) in [5.74, 6) is 1.02. The van der Waals surface area contributed by atoms with Crippen LogP contribution in [-0.4, -0.2) is 50.1 Å². The maximum atomic E-state index is 5.79. The van der Waals surface area contributed by atoms with Crippen LogP contribution < -0.4 is 10.2 Å². The molecule has 1 aliphatic heterocycles. The van der Waals surface area contributed by atoms with Crippen molar-refractivity contribution >= 4 is 39.9 Å². The molecule has 1 saturated heterocycles. The van der Waals surface area contributed by atoms with Crippen LogP contribution in [-0.2, 0) is 0 Å². The molecule has 5 rings (SSSR count). The van der Waals surface area contributed by atoms with Gasteiger partial charge >= 0.3 is 0 Å². The van der Waals surface area contributed by atoms with Crippen molar-refractivity contribution in [1.29, 1.82) is 0 Å². The van der Waals surface area contributed by atoms with E-state index in [9.17, 15) is 0 Å². The predicted octanol–water partition coefficient (Wildman–Crippen LogP) is 3.40. The first-order valence-electron chi connectivity index (χ1n) is 9.42. The van der Waals surface area contributed by atoms with Gasteiger partial charge in [0.2, 0.25) is 0 Å². The van der Waals surface area contributed by atoms with Gasteiger partial charge in [-0.05, 0) is 49.7 Å². The maximum absolute atomic E-state index is 5.79. The molecule has 2 aliphatic rings. The fourth-order valence-corrected chi connectivity index (χ4v) is 4.47. The summed E-state index contributed by atoms with van der Waals surface area (Å²) in [5.41, 5.74) is 2.06. The van der Waals surface area contributed by atoms with Gasteiger partial charge in [-0.15, -0.1) is 0 Å². The van der Waals surface area contributed by atoms with Crippen LogP contribution in [0.25, 0.3) is 11.0 Å². The molecule has 27 heavy (non-hydrogen) atoms. The third-order valence-corrected chi connectivity index (χ3v) is 5.92. The zero-order chi connectivity index (χ0) is 18.3. The maximum Gasteiger partial charge on any atom is 0.173 e. The smallest absolute Gasteiger partial charge is 0.173 e. The van der Waals surface area contributed by atoms with Gasteiger partial charge in [0.05, 0.1) is 10.9 Å². The molecule has 2 aromatic heterocycles. The number of hydrogen-bond acceptors (Lipinski definition) is 4. The molecule has 0 bridgehead atoms. The van der Waals surface area contributed by atoms with Crippen molar-refractivity contribution in [3.63, 3.8) is 0 Å². The lowest BCUT2D eigenvalue weighted by atomic mass is 10.2. The van der Waals surface area contributed by atoms with E-state index >= 15 is 0 Å². The van der Waals surface area contributed by atoms with E-state index < -0.39 is 0 Å². The summed E-state index contributed by atoms with van der Waals surface area (Å²) in [6.45, 7) is 2.89. The Kier molecular flexibility index (Phi) is 3.97. The molecule has 0 radical (unpaired) electrons. The topological polar surface area (TPSA) is 60.1 Å². The summed E-state index contributed by atoms with van der Waals surface area (Å²) in [7, 11) is 0. The van der Waals surface area contributed by atoms with Crippen LogP contribution in [0.15, 0.2) is 48.9 Å². The van der Waals surface area contributed by atoms with Gasteiger partial charge in [0.1, 0.15) is 17.8 Å². The van der Waals surface area contributed by atoms with Crippen LogP contribution in [0.3, 0.4) is 0 Å². The Morgan fingerprint density at radius 2 is 1.96 bits per heavy atom. The second-order valence-electron chi connectivity index (χ2n) is 7.38. The molecule has 2 fully saturated rings. The largest absolute Gasteiger partial charge is 0.354 e. The van der Waals surface area contributed by atoms with Crippen LogP contribution in [0.4, 0.5) is 11.5 Å². The molecule has 0 amide bonds. The van der Waals surface area contributed by atoms with Crippen molar-refractivity contribution in [3.8, 4) is 0 Å². The highest BCUT2D eigenvalue weighted by molar-refractivity contribution is 7.80. The van der Waals surface area contributed by atoms with E-state index in [0.717, 1.165) is 53.7 Å². The Balaban J connectivity index is 1.39. The lowest BCUT2D eigenvalue weighted by molar-refractivity contribution is 0.316. The quantitative estimate of drug-likeness (QED) is 0.667. The third kappa shape index (κ3) is 3.02. The number of rotatable bonds is 2. The van der Waals surface area contributed by atoms with Crippen LogP contribution >= 0.6 is 12.2 Å². The van der Waals surface area contributed by atoms with Gasteiger partial charge in [0.15, 0.2) is 5.11 Å². The molecule has 3 heterocycles. The number of hydrogen-bond donors (Lipinski definition) is 2. The highest BCUT2D eigenvalue weighted by Gasteiger charge is 2.51. The van der Waals surface area contributed by atoms with Gasteiger partial charge in [-0.3, -0.25) is 0 Å². The van der Waals surface area contributed by atoms with Crippen LogP contribution in [0.1, 0.15) is 19.3 Å². The Labute approximate surface area is 163 Å². The monoisotopic (exact) mass is 378 g/mol. The fraction of sp³-hybridized carbons (Fsp3) is 0.350. The Morgan fingerprint density at radius 3 is 2.78 bits per heavy atom. The minimum absolute atomic E-state index is 0.114. The molecule has 1 aliphatic carbocycles. The molecule has 138 valence electrons. The van der Waals surface area contributed by atoms with Gasteiger partial charge in [-0.25, -0.2) is 9.97 Å². The Bertz CT molecular complexity index is 965. The second-order valence-corrected chi connectivity index (χ2v) is 7.77. The van der Waals surface area contributed by atoms with Gasteiger partial charge in [0.25, 0.3) is 0 Å². The molecular formula is C20H22N6S. The number of H-pyrrole nitrogens is 1. The Morgan fingerprint density at radius 1 is 1.11 bits per heavy atom. The van der Waals surface area contributed by atoms with Crippen molar-refractivity contribution in [1.82, 2.24) is 19.9 Å². The standard InChI is InChI=1S/C20H22N6S/c27-19(24-15-5-2-1-3-6-15)26-12-4-11-25(13-20(26)8-9-20)18-16-7-10-21-17(16)22-14-23-18/h1-3,5-7,10,14H,4,8-9,11-13H2,(H,24,27)(H,21,22,23). The summed E-state index contributed by atoms with van der Waals surface area (Å²) < 4.78 is 0. The van der Waals surface area contributed by atoms with Gasteiger partial charge in [-0.1, -0.05) is 18.2 Å². The van der Waals surface area contributed by atoms with Crippen molar-refractivity contribution in [2.24, 2.45) is 0 Å². The van der Waals surface area contributed by atoms with E-state index in [2.05, 4.69) is 48.3 Å². The summed E-state index contributed by atoms with van der Waals surface area (Å²) in [6, 6.07) is 12.2. The molecule has 7 heteroatoms. The van der Waals surface area contributed by atoms with Crippen LogP contribution in [0.5, 0.6) is 0 Å². The van der Waals surface area contributed by atoms with Crippen molar-refractivity contribution in [2.45, 2.75) is 24.8 Å². The van der Waals surface area contributed by atoms with Crippen LogP contribution in [0.2, 0.25) is 0 Å². The number of anilines is 2. The molecule has 3 aromatic rings. The fourth-order valence-electron chi connectivity index (χ4n) is 4.07. The van der Waals surface area contributed by atoms with Gasteiger partial charge in [-0.2, -0.15) is 0 Å². The average molecular weight is 379 g/mol. The zero-order valence-electron chi connectivity index (χ0n) is 15.1. The Hall–Kier alpha value is -2.67. The lowest BCUT2D eigenvalue weighted by Crippen LogP contribution is -2.48. The van der Waals surface area contributed by atoms with Crippen molar-refractivity contribution in [3.05, 3.63) is 48.9 Å². The average Bonchev–Trinajstić information content (AvgIpc) is 3.35. The van der Waals surface area contributed by atoms with E-state index in [1.54, 1.807) is 6.33 Å². The first-order valence-corrected chi connectivity index (χ1v) is 9.83. The normalized spacial score (nSPS) is 18.5. The summed E-state index contributed by atoms with van der Waals surface area (Å²) in [6.07, 6.45) is 6.97. The first-order chi connectivity index (χ1) is 13.3. The molecule has 2 N–H and O–H groups in total. The molecular weight excluding hydrogens is 356 g/mol. The summed E-state index contributed by atoms with van der Waals surface area (Å²) >= 11 is 5.79. The minimum Gasteiger partial charge on any atom is -0.354 e. The number of benzene rings is 1. The first kappa shape index (κ1) is 16.5. The van der Waals surface area contributed by atoms with Gasteiger partial charge in [0, 0.05) is 31.5 Å². The highest BCUT2D eigenvalue weighted by Crippen LogP contribution is 2.45. The number of aromatic amines is 1. The van der Waals surface area contributed by atoms with Crippen molar-refractivity contribution < 1.29 is 0 Å². The lowest BCUT2D eigenvalue weighted by Gasteiger charge is -2.34. The molecule has 1 spiro atoms. The minimum atomic E-state index is 0.114. The van der Waals surface area contributed by atoms with E-state index in [4.69, 9.17) is 12.2 Å². The van der Waals surface area contributed by atoms with Crippen LogP contribution in [0, 0.1) is 0 Å². The molecule has 1 saturated carbocycles. The second kappa shape index (κ2) is 6.49. The number of nitrogens with zero attached hydrogens (tertiary/aromatic N) is 4. The van der Waals surface area contributed by atoms with E-state index in [1.807, 2.05) is 24.4 Å².